The highest BCUT2D eigenvalue weighted by Gasteiger charge is 2.54. The van der Waals surface area contributed by atoms with Gasteiger partial charge >= 0.3 is 5.97 Å². The molecule has 0 amide bonds. The van der Waals surface area contributed by atoms with Crippen molar-refractivity contribution in [3.8, 4) is 0 Å². The summed E-state index contributed by atoms with van der Waals surface area (Å²) in [4.78, 5) is 33.1. The number of Topliss-reactive ketones (excluding diaryl/α,β-unsaturated/α-hetero) is 1. The van der Waals surface area contributed by atoms with Crippen LogP contribution in [0.1, 0.15) is 94.9 Å². The Labute approximate surface area is 341 Å². The molecule has 4 fully saturated rings. The van der Waals surface area contributed by atoms with Crippen molar-refractivity contribution >= 4 is 11.8 Å². The van der Waals surface area contributed by atoms with Crippen molar-refractivity contribution in [2.24, 2.45) is 23.7 Å². The van der Waals surface area contributed by atoms with E-state index in [1.807, 2.05) is 34.9 Å². The Morgan fingerprint density at radius 1 is 0.860 bits per heavy atom. The van der Waals surface area contributed by atoms with Crippen LogP contribution >= 0.6 is 0 Å². The molecule has 0 radical (unpaired) electrons. The van der Waals surface area contributed by atoms with Gasteiger partial charge < -0.3 is 58.1 Å². The van der Waals surface area contributed by atoms with Gasteiger partial charge in [0, 0.05) is 57.5 Å². The van der Waals surface area contributed by atoms with E-state index in [4.69, 9.17) is 37.9 Å². The Bertz CT molecular complexity index is 1320. The third-order valence-corrected chi connectivity index (χ3v) is 13.7. The van der Waals surface area contributed by atoms with Gasteiger partial charge in [0.05, 0.1) is 66.9 Å². The van der Waals surface area contributed by atoms with E-state index in [9.17, 15) is 24.9 Å². The predicted octanol–water partition coefficient (Wildman–Crippen LogP) is 2.78. The van der Waals surface area contributed by atoms with E-state index in [-0.39, 0.29) is 43.2 Å². The molecule has 0 aliphatic carbocycles. The number of cyclic esters (lactones) is 1. The normalized spacial score (nSPS) is 47.7. The molecule has 4 aliphatic heterocycles. The van der Waals surface area contributed by atoms with Crippen molar-refractivity contribution in [3.05, 3.63) is 0 Å². The molecule has 15 nitrogen and oxygen atoms in total. The fraction of sp³-hybridized carbons (Fsp3) is 0.952. The number of carbonyl (C=O) groups is 2. The molecule has 4 aliphatic rings. The number of hydrogen-bond donors (Lipinski definition) is 3. The van der Waals surface area contributed by atoms with E-state index in [1.54, 1.807) is 48.7 Å². The van der Waals surface area contributed by atoms with Crippen molar-refractivity contribution in [1.29, 1.82) is 0 Å². The molecule has 15 heteroatoms. The van der Waals surface area contributed by atoms with Crippen molar-refractivity contribution in [3.63, 3.8) is 0 Å². The molecule has 0 saturated carbocycles. The maximum Gasteiger partial charge on any atom is 0.311 e. The van der Waals surface area contributed by atoms with Gasteiger partial charge in [-0.2, -0.15) is 0 Å². The van der Waals surface area contributed by atoms with Crippen molar-refractivity contribution in [1.82, 2.24) is 9.80 Å². The Balaban J connectivity index is 1.88. The average molecular weight is 817 g/mol. The topological polar surface area (TPSA) is 175 Å². The van der Waals surface area contributed by atoms with Crippen LogP contribution in [0, 0.1) is 23.7 Å². The molecular weight excluding hydrogens is 740 g/mol. The molecule has 0 spiro atoms. The Morgan fingerprint density at radius 3 is 2.04 bits per heavy atom. The van der Waals surface area contributed by atoms with Crippen LogP contribution in [0.25, 0.3) is 0 Å². The number of rotatable bonds is 9. The molecule has 57 heavy (non-hydrogen) atoms. The Morgan fingerprint density at radius 2 is 1.47 bits per heavy atom. The fourth-order valence-electron chi connectivity index (χ4n) is 9.93. The number of hydrogen-bond acceptors (Lipinski definition) is 15. The number of nitrogens with zero attached hydrogens (tertiary/aromatic N) is 2. The summed E-state index contributed by atoms with van der Waals surface area (Å²) in [5, 5.41) is 34.3. The number of aliphatic hydroxyl groups is 3. The second-order valence-electron chi connectivity index (χ2n) is 18.3. The van der Waals surface area contributed by atoms with Gasteiger partial charge in [0.25, 0.3) is 0 Å². The number of aliphatic hydroxyl groups excluding tert-OH is 2. The lowest BCUT2D eigenvalue weighted by atomic mass is 9.73. The standard InChI is InChI=1S/C42H76N2O13/c1-15-30-42(10,49)35(46)25(4)33(45)23(2)21-41(9,51-14)37(57-39-32(43(11)12)29(20-24(3)53-39)44-16-18-52-19-17-44)26(5)34(27(6)38(48)55-30)56-31-22-40(8,50-13)36(47)28(7)54-31/h23-32,34-37,39,46-47,49H,15-22H2,1-14H3/t23-,24-,25+,26+,27-,28+,29-,30-,31+,32+,34+,35-,36+,37-,39+,40-,41+,42-/m1/s1. The summed E-state index contributed by atoms with van der Waals surface area (Å²) in [5.41, 5.74) is -4.15. The molecule has 4 saturated heterocycles. The Hall–Kier alpha value is -1.34. The molecule has 4 rings (SSSR count). The summed E-state index contributed by atoms with van der Waals surface area (Å²) in [6, 6.07) is -0.131. The zero-order valence-corrected chi connectivity index (χ0v) is 37.1. The molecular formula is C42H76N2O13. The summed E-state index contributed by atoms with van der Waals surface area (Å²) < 4.78 is 51.1. The lowest BCUT2D eigenvalue weighted by molar-refractivity contribution is -0.315. The van der Waals surface area contributed by atoms with Crippen LogP contribution in [0.3, 0.4) is 0 Å². The minimum atomic E-state index is -1.95. The second-order valence-corrected chi connectivity index (χ2v) is 18.3. The van der Waals surface area contributed by atoms with Gasteiger partial charge in [-0.1, -0.05) is 27.7 Å². The predicted molar refractivity (Wildman–Crippen MR) is 211 cm³/mol. The van der Waals surface area contributed by atoms with Crippen LogP contribution in [0.5, 0.6) is 0 Å². The third-order valence-electron chi connectivity index (χ3n) is 13.7. The molecule has 0 bridgehead atoms. The highest BCUT2D eigenvalue weighted by molar-refractivity contribution is 5.83. The number of methoxy groups -OCH3 is 2. The maximum absolute atomic E-state index is 14.4. The highest BCUT2D eigenvalue weighted by atomic mass is 16.7. The van der Waals surface area contributed by atoms with E-state index in [2.05, 4.69) is 9.80 Å². The van der Waals surface area contributed by atoms with Gasteiger partial charge in [0.15, 0.2) is 12.6 Å². The van der Waals surface area contributed by atoms with Crippen molar-refractivity contribution in [2.45, 2.75) is 179 Å². The first kappa shape index (κ1) is 48.3. The van der Waals surface area contributed by atoms with E-state index >= 15 is 0 Å². The molecule has 332 valence electrons. The number of carbonyl (C=O) groups excluding carboxylic acids is 2. The summed E-state index contributed by atoms with van der Waals surface area (Å²) >= 11 is 0. The van der Waals surface area contributed by atoms with Gasteiger partial charge in [-0.15, -0.1) is 0 Å². The SMILES string of the molecule is CC[C@H]1OC(=O)[C@H](C)[C@@H](O[C@H]2C[C@@](C)(OC)[C@@H](O)[C@H](C)O2)[C@H](C)[C@@H](O[C@@H]2O[C@H](C)C[C@@H](N3CCOCC3)[C@@H]2N(C)C)[C@@](C)(OC)C[C@@H](C)C(=O)[C@H](C)[C@@H](O)[C@]1(C)O. The van der Waals surface area contributed by atoms with Gasteiger partial charge in [0.1, 0.15) is 23.6 Å². The number of morpholine rings is 1. The maximum atomic E-state index is 14.4. The average Bonchev–Trinajstić information content (AvgIpc) is 3.17. The monoisotopic (exact) mass is 817 g/mol. The van der Waals surface area contributed by atoms with E-state index in [0.717, 1.165) is 19.5 Å². The van der Waals surface area contributed by atoms with Crippen LogP contribution in [-0.2, 0) is 47.5 Å². The molecule has 18 atom stereocenters. The van der Waals surface area contributed by atoms with Crippen molar-refractivity contribution in [2.75, 3.05) is 54.6 Å². The molecule has 4 heterocycles. The smallest absolute Gasteiger partial charge is 0.311 e. The molecule has 3 N–H and O–H groups in total. The molecule has 0 aromatic heterocycles. The number of ether oxygens (including phenoxy) is 8. The first-order valence-corrected chi connectivity index (χ1v) is 21.1. The summed E-state index contributed by atoms with van der Waals surface area (Å²) in [5.74, 6) is -4.21. The summed E-state index contributed by atoms with van der Waals surface area (Å²) in [6.45, 7) is 20.5. The third kappa shape index (κ3) is 10.4. The zero-order chi connectivity index (χ0) is 42.8. The number of likely N-dealkylation sites (N-methyl/N-ethyl adjacent to an activating group) is 1. The van der Waals surface area contributed by atoms with Gasteiger partial charge in [-0.3, -0.25) is 14.5 Å². The van der Waals surface area contributed by atoms with Gasteiger partial charge in [-0.05, 0) is 74.9 Å². The quantitative estimate of drug-likeness (QED) is 0.290. The van der Waals surface area contributed by atoms with E-state index in [0.29, 0.717) is 13.2 Å². The van der Waals surface area contributed by atoms with E-state index in [1.165, 1.54) is 14.0 Å². The van der Waals surface area contributed by atoms with Crippen LogP contribution in [0.15, 0.2) is 0 Å². The van der Waals surface area contributed by atoms with Crippen LogP contribution < -0.4 is 0 Å². The van der Waals surface area contributed by atoms with Crippen LogP contribution in [-0.4, -0.2) is 176 Å². The van der Waals surface area contributed by atoms with Gasteiger partial charge in [0.2, 0.25) is 0 Å². The van der Waals surface area contributed by atoms with Crippen LogP contribution in [0.4, 0.5) is 0 Å². The van der Waals surface area contributed by atoms with Crippen molar-refractivity contribution < 1.29 is 62.8 Å². The first-order chi connectivity index (χ1) is 26.6. The lowest BCUT2D eigenvalue weighted by Gasteiger charge is -2.52. The largest absolute Gasteiger partial charge is 0.459 e. The fourth-order valence-corrected chi connectivity index (χ4v) is 9.93. The number of esters is 1. The van der Waals surface area contributed by atoms with Gasteiger partial charge in [-0.25, -0.2) is 0 Å². The first-order valence-electron chi connectivity index (χ1n) is 21.1. The second kappa shape index (κ2) is 19.6. The highest BCUT2D eigenvalue weighted by Crippen LogP contribution is 2.42. The summed E-state index contributed by atoms with van der Waals surface area (Å²) in [7, 11) is 7.13. The molecule has 0 aromatic carbocycles. The molecule has 0 aromatic rings. The number of ketones is 1. The van der Waals surface area contributed by atoms with E-state index < -0.39 is 95.6 Å². The molecule has 0 unspecified atom stereocenters. The lowest BCUT2D eigenvalue weighted by Crippen LogP contribution is -2.65. The minimum absolute atomic E-state index is 0.0816. The minimum Gasteiger partial charge on any atom is -0.459 e. The van der Waals surface area contributed by atoms with Crippen LogP contribution in [0.2, 0.25) is 0 Å². The Kier molecular flexibility index (Phi) is 16.6. The zero-order valence-electron chi connectivity index (χ0n) is 37.1. The summed E-state index contributed by atoms with van der Waals surface area (Å²) in [6.07, 6.45) is -6.63.